The minimum absolute atomic E-state index is 0.00742. The average Bonchev–Trinajstić information content (AvgIpc) is 3.28. The van der Waals surface area contributed by atoms with Crippen LogP contribution in [0.2, 0.25) is 0 Å². The van der Waals surface area contributed by atoms with Crippen LogP contribution in [0.5, 0.6) is 0 Å². The Labute approximate surface area is 161 Å². The zero-order valence-electron chi connectivity index (χ0n) is 13.9. The van der Waals surface area contributed by atoms with Gasteiger partial charge < -0.3 is 19.2 Å². The van der Waals surface area contributed by atoms with Gasteiger partial charge in [-0.15, -0.1) is 11.3 Å². The molecule has 0 radical (unpaired) electrons. The first-order valence-corrected chi connectivity index (χ1v) is 9.64. The van der Waals surface area contributed by atoms with Crippen LogP contribution in [0.3, 0.4) is 0 Å². The number of nitrogens with one attached hydrogen (secondary N) is 1. The summed E-state index contributed by atoms with van der Waals surface area (Å²) in [5.41, 5.74) is 1.36. The van der Waals surface area contributed by atoms with E-state index in [0.717, 1.165) is 29.7 Å². The third kappa shape index (κ3) is 3.99. The second-order valence-electron chi connectivity index (χ2n) is 5.51. The number of hydrogen-bond donors (Lipinski definition) is 1. The number of ether oxygens (including phenoxy) is 2. The second-order valence-corrected chi connectivity index (χ2v) is 7.40. The molecule has 0 bridgehead atoms. The first-order chi connectivity index (χ1) is 12.5. The second kappa shape index (κ2) is 8.05. The number of thiophene rings is 1. The molecule has 1 N–H and O–H groups in total. The molecule has 0 aliphatic heterocycles. The van der Waals surface area contributed by atoms with E-state index < -0.39 is 24.5 Å². The van der Waals surface area contributed by atoms with Gasteiger partial charge in [0.2, 0.25) is 5.76 Å². The first-order valence-electron chi connectivity index (χ1n) is 8.03. The molecule has 1 amide bonds. The summed E-state index contributed by atoms with van der Waals surface area (Å²) in [4.78, 5) is 37.3. The summed E-state index contributed by atoms with van der Waals surface area (Å²) in [6.45, 7) is 1.50. The number of aryl methyl sites for hydroxylation is 1. The van der Waals surface area contributed by atoms with E-state index in [0.29, 0.717) is 15.2 Å². The third-order valence-corrected chi connectivity index (χ3v) is 5.40. The zero-order valence-corrected chi connectivity index (χ0v) is 16.3. The van der Waals surface area contributed by atoms with E-state index in [1.807, 2.05) is 0 Å². The van der Waals surface area contributed by atoms with E-state index >= 15 is 0 Å². The maximum atomic E-state index is 12.3. The molecule has 9 heteroatoms. The lowest BCUT2D eigenvalue weighted by Gasteiger charge is -2.08. The summed E-state index contributed by atoms with van der Waals surface area (Å²) >= 11 is 4.45. The molecule has 2 heterocycles. The number of rotatable bonds is 6. The molecular weight excluding hydrogens is 426 g/mol. The fourth-order valence-corrected chi connectivity index (χ4v) is 4.30. The first kappa shape index (κ1) is 18.7. The molecule has 138 valence electrons. The topological polar surface area (TPSA) is 94.8 Å². The van der Waals surface area contributed by atoms with Crippen LogP contribution >= 0.6 is 27.3 Å². The van der Waals surface area contributed by atoms with Crippen LogP contribution in [0, 0.1) is 0 Å². The maximum absolute atomic E-state index is 12.3. The number of anilines is 1. The molecule has 0 saturated heterocycles. The molecule has 1 aliphatic rings. The Morgan fingerprint density at radius 1 is 1.23 bits per heavy atom. The van der Waals surface area contributed by atoms with Crippen LogP contribution in [0.4, 0.5) is 5.00 Å². The van der Waals surface area contributed by atoms with Crippen LogP contribution in [0.25, 0.3) is 0 Å². The van der Waals surface area contributed by atoms with E-state index in [-0.39, 0.29) is 12.4 Å². The fraction of sp³-hybridized carbons (Fsp3) is 0.353. The predicted octanol–water partition coefficient (Wildman–Crippen LogP) is 3.56. The maximum Gasteiger partial charge on any atom is 0.374 e. The molecule has 1 aliphatic carbocycles. The van der Waals surface area contributed by atoms with Crippen molar-refractivity contribution in [2.75, 3.05) is 18.5 Å². The van der Waals surface area contributed by atoms with Crippen molar-refractivity contribution in [3.63, 3.8) is 0 Å². The van der Waals surface area contributed by atoms with Gasteiger partial charge >= 0.3 is 11.9 Å². The molecular formula is C17H16BrNO6S. The van der Waals surface area contributed by atoms with E-state index in [1.165, 1.54) is 17.4 Å². The quantitative estimate of drug-likeness (QED) is 0.688. The number of furan rings is 1. The number of halogens is 1. The summed E-state index contributed by atoms with van der Waals surface area (Å²) in [7, 11) is 0. The normalized spacial score (nSPS) is 12.5. The monoisotopic (exact) mass is 441 g/mol. The van der Waals surface area contributed by atoms with Crippen molar-refractivity contribution in [3.8, 4) is 0 Å². The van der Waals surface area contributed by atoms with Gasteiger partial charge in [0.05, 0.1) is 12.2 Å². The minimum atomic E-state index is -0.745. The van der Waals surface area contributed by atoms with Crippen LogP contribution in [-0.4, -0.2) is 31.1 Å². The van der Waals surface area contributed by atoms with Crippen molar-refractivity contribution < 1.29 is 28.3 Å². The molecule has 26 heavy (non-hydrogen) atoms. The lowest BCUT2D eigenvalue weighted by molar-refractivity contribution is -0.119. The average molecular weight is 442 g/mol. The zero-order chi connectivity index (χ0) is 18.7. The Kier molecular flexibility index (Phi) is 5.77. The van der Waals surface area contributed by atoms with Gasteiger partial charge in [0.1, 0.15) is 5.00 Å². The summed E-state index contributed by atoms with van der Waals surface area (Å²) < 4.78 is 15.5. The van der Waals surface area contributed by atoms with Crippen molar-refractivity contribution in [3.05, 3.63) is 38.6 Å². The molecule has 0 aromatic carbocycles. The van der Waals surface area contributed by atoms with Gasteiger partial charge in [0, 0.05) is 4.88 Å². The molecule has 0 atom stereocenters. The van der Waals surface area contributed by atoms with Gasteiger partial charge in [0.15, 0.2) is 11.3 Å². The standard InChI is InChI=1S/C17H16BrNO6S/c1-2-23-17(22)14-9-4-3-5-11(9)26-15(14)19-13(20)8-24-16(21)10-6-7-12(18)25-10/h6-7H,2-5,8H2,1H3,(H,19,20). The van der Waals surface area contributed by atoms with Crippen molar-refractivity contribution in [2.24, 2.45) is 0 Å². The lowest BCUT2D eigenvalue weighted by atomic mass is 10.1. The minimum Gasteiger partial charge on any atom is -0.462 e. The Hall–Kier alpha value is -2.13. The summed E-state index contributed by atoms with van der Waals surface area (Å²) in [6, 6.07) is 2.99. The number of carbonyl (C=O) groups is 3. The highest BCUT2D eigenvalue weighted by atomic mass is 79.9. The summed E-state index contributed by atoms with van der Waals surface area (Å²) in [5.74, 6) is -1.73. The van der Waals surface area contributed by atoms with Crippen LogP contribution < -0.4 is 5.32 Å². The largest absolute Gasteiger partial charge is 0.462 e. The Bertz CT molecular complexity index is 856. The number of carbonyl (C=O) groups excluding carboxylic acids is 3. The Balaban J connectivity index is 1.66. The fourth-order valence-electron chi connectivity index (χ4n) is 2.70. The Morgan fingerprint density at radius 3 is 2.73 bits per heavy atom. The molecule has 2 aromatic heterocycles. The van der Waals surface area contributed by atoms with E-state index in [9.17, 15) is 14.4 Å². The highest BCUT2D eigenvalue weighted by Crippen LogP contribution is 2.39. The van der Waals surface area contributed by atoms with E-state index in [4.69, 9.17) is 13.9 Å². The van der Waals surface area contributed by atoms with Crippen LogP contribution in [0.15, 0.2) is 21.2 Å². The highest BCUT2D eigenvalue weighted by Gasteiger charge is 2.28. The van der Waals surface area contributed by atoms with E-state index in [2.05, 4.69) is 21.2 Å². The van der Waals surface area contributed by atoms with Crippen LogP contribution in [-0.2, 0) is 27.1 Å². The van der Waals surface area contributed by atoms with Gasteiger partial charge in [-0.25, -0.2) is 9.59 Å². The van der Waals surface area contributed by atoms with Crippen LogP contribution in [0.1, 0.15) is 44.7 Å². The van der Waals surface area contributed by atoms with Gasteiger partial charge in [-0.1, -0.05) is 0 Å². The molecule has 2 aromatic rings. The molecule has 0 fully saturated rings. The van der Waals surface area contributed by atoms with Crippen molar-refractivity contribution in [2.45, 2.75) is 26.2 Å². The molecule has 0 saturated carbocycles. The molecule has 7 nitrogen and oxygen atoms in total. The highest BCUT2D eigenvalue weighted by molar-refractivity contribution is 9.10. The number of hydrogen-bond acceptors (Lipinski definition) is 7. The van der Waals surface area contributed by atoms with Crippen molar-refractivity contribution in [1.29, 1.82) is 0 Å². The molecule has 0 unspecified atom stereocenters. The predicted molar refractivity (Wildman–Crippen MR) is 97.6 cm³/mol. The number of amides is 1. The SMILES string of the molecule is CCOC(=O)c1c(NC(=O)COC(=O)c2ccc(Br)o2)sc2c1CCC2. The summed E-state index contributed by atoms with van der Waals surface area (Å²) in [5, 5.41) is 3.09. The number of esters is 2. The molecule has 3 rings (SSSR count). The Morgan fingerprint density at radius 2 is 2.04 bits per heavy atom. The lowest BCUT2D eigenvalue weighted by Crippen LogP contribution is -2.21. The smallest absolute Gasteiger partial charge is 0.374 e. The number of fused-ring (bicyclic) bond motifs is 1. The third-order valence-electron chi connectivity index (χ3n) is 3.76. The van der Waals surface area contributed by atoms with Gasteiger partial charge in [0.25, 0.3) is 5.91 Å². The molecule has 0 spiro atoms. The van der Waals surface area contributed by atoms with Crippen molar-refractivity contribution in [1.82, 2.24) is 0 Å². The van der Waals surface area contributed by atoms with Crippen molar-refractivity contribution >= 4 is 50.1 Å². The van der Waals surface area contributed by atoms with Gasteiger partial charge in [-0.3, -0.25) is 4.79 Å². The van der Waals surface area contributed by atoms with Gasteiger partial charge in [-0.2, -0.15) is 0 Å². The summed E-state index contributed by atoms with van der Waals surface area (Å²) in [6.07, 6.45) is 2.65. The van der Waals surface area contributed by atoms with E-state index in [1.54, 1.807) is 13.0 Å². The van der Waals surface area contributed by atoms with Gasteiger partial charge in [-0.05, 0) is 59.8 Å².